The van der Waals surface area contributed by atoms with Gasteiger partial charge in [0.15, 0.2) is 0 Å². The zero-order valence-electron chi connectivity index (χ0n) is 12.7. The lowest BCUT2D eigenvalue weighted by atomic mass is 9.85. The number of nitrogens with zero attached hydrogens (tertiary/aromatic N) is 2. The molecule has 0 atom stereocenters. The third-order valence-corrected chi connectivity index (χ3v) is 4.19. The molecule has 0 radical (unpaired) electrons. The van der Waals surface area contributed by atoms with Crippen LogP contribution in [-0.4, -0.2) is 19.6 Å². The first-order chi connectivity index (χ1) is 9.78. The van der Waals surface area contributed by atoms with Crippen LogP contribution in [-0.2, 0) is 6.54 Å². The van der Waals surface area contributed by atoms with Crippen LogP contribution in [0.1, 0.15) is 44.2 Å². The summed E-state index contributed by atoms with van der Waals surface area (Å²) >= 11 is 0. The van der Waals surface area contributed by atoms with Gasteiger partial charge in [-0.1, -0.05) is 19.4 Å². The highest BCUT2D eigenvalue weighted by atomic mass is 15.1. The maximum atomic E-state index is 9.42. The summed E-state index contributed by atoms with van der Waals surface area (Å²) < 4.78 is 0. The van der Waals surface area contributed by atoms with Gasteiger partial charge in [-0.15, -0.1) is 0 Å². The van der Waals surface area contributed by atoms with Crippen LogP contribution in [0.3, 0.4) is 0 Å². The lowest BCUT2D eigenvalue weighted by Crippen LogP contribution is -2.32. The largest absolute Gasteiger partial charge is 0.370 e. The van der Waals surface area contributed by atoms with Gasteiger partial charge in [-0.05, 0) is 49.9 Å². The normalized spacial score (nSPS) is 14.7. The molecule has 0 spiro atoms. The molecule has 1 aliphatic rings. The minimum atomic E-state index is 0.807. The quantitative estimate of drug-likeness (QED) is 0.827. The third kappa shape index (κ3) is 3.52. The van der Waals surface area contributed by atoms with Gasteiger partial charge in [-0.2, -0.15) is 5.26 Å². The maximum absolute atomic E-state index is 9.42. The zero-order chi connectivity index (χ0) is 14.4. The summed E-state index contributed by atoms with van der Waals surface area (Å²) in [7, 11) is 0. The molecule has 3 heteroatoms. The first-order valence-corrected chi connectivity index (χ1v) is 7.77. The van der Waals surface area contributed by atoms with Gasteiger partial charge < -0.3 is 10.2 Å². The van der Waals surface area contributed by atoms with E-state index in [1.807, 2.05) is 6.07 Å². The van der Waals surface area contributed by atoms with E-state index in [0.29, 0.717) is 0 Å². The number of hydrogen-bond donors (Lipinski definition) is 1. The Morgan fingerprint density at radius 2 is 2.15 bits per heavy atom. The summed E-state index contributed by atoms with van der Waals surface area (Å²) in [5.41, 5.74) is 3.09. The molecule has 1 aromatic rings. The Morgan fingerprint density at radius 3 is 2.70 bits per heavy atom. The number of nitriles is 1. The molecule has 0 aromatic heterocycles. The fourth-order valence-corrected chi connectivity index (χ4v) is 2.71. The Kier molecular flexibility index (Phi) is 5.43. The number of rotatable bonds is 7. The predicted molar refractivity (Wildman–Crippen MR) is 83.8 cm³/mol. The zero-order valence-corrected chi connectivity index (χ0v) is 12.7. The van der Waals surface area contributed by atoms with Crippen molar-refractivity contribution in [3.05, 3.63) is 29.3 Å². The maximum Gasteiger partial charge on any atom is 0.101 e. The SMILES string of the molecule is CCNCc1ccc(N(CC)CC2CCC2)c(C#N)c1. The van der Waals surface area contributed by atoms with Crippen molar-refractivity contribution in [2.75, 3.05) is 24.5 Å². The lowest BCUT2D eigenvalue weighted by Gasteiger charge is -2.33. The predicted octanol–water partition coefficient (Wildman–Crippen LogP) is 3.29. The summed E-state index contributed by atoms with van der Waals surface area (Å²) in [6.07, 6.45) is 4.06. The topological polar surface area (TPSA) is 39.1 Å². The summed E-state index contributed by atoms with van der Waals surface area (Å²) in [6.45, 7) is 8.12. The van der Waals surface area contributed by atoms with Gasteiger partial charge in [0.2, 0.25) is 0 Å². The van der Waals surface area contributed by atoms with Gasteiger partial charge in [0.1, 0.15) is 6.07 Å². The molecule has 1 aliphatic carbocycles. The Balaban J connectivity index is 2.14. The van der Waals surface area contributed by atoms with Gasteiger partial charge in [0.25, 0.3) is 0 Å². The molecule has 20 heavy (non-hydrogen) atoms. The highest BCUT2D eigenvalue weighted by Crippen LogP contribution is 2.30. The van der Waals surface area contributed by atoms with Crippen molar-refractivity contribution in [1.82, 2.24) is 5.32 Å². The van der Waals surface area contributed by atoms with E-state index in [-0.39, 0.29) is 0 Å². The first-order valence-electron chi connectivity index (χ1n) is 7.77. The van der Waals surface area contributed by atoms with E-state index in [1.165, 1.54) is 24.8 Å². The minimum Gasteiger partial charge on any atom is -0.370 e. The second-order valence-corrected chi connectivity index (χ2v) is 5.58. The van der Waals surface area contributed by atoms with Crippen molar-refractivity contribution in [1.29, 1.82) is 5.26 Å². The van der Waals surface area contributed by atoms with Crippen LogP contribution in [0.25, 0.3) is 0 Å². The Bertz CT molecular complexity index is 472. The van der Waals surface area contributed by atoms with Crippen molar-refractivity contribution < 1.29 is 0 Å². The highest BCUT2D eigenvalue weighted by molar-refractivity contribution is 5.60. The van der Waals surface area contributed by atoms with Crippen molar-refractivity contribution in [2.24, 2.45) is 5.92 Å². The molecule has 0 bridgehead atoms. The van der Waals surface area contributed by atoms with Gasteiger partial charge in [-0.3, -0.25) is 0 Å². The van der Waals surface area contributed by atoms with Crippen LogP contribution in [0.2, 0.25) is 0 Å². The van der Waals surface area contributed by atoms with E-state index in [9.17, 15) is 5.26 Å². The van der Waals surface area contributed by atoms with E-state index in [4.69, 9.17) is 0 Å². The van der Waals surface area contributed by atoms with Crippen molar-refractivity contribution >= 4 is 5.69 Å². The highest BCUT2D eigenvalue weighted by Gasteiger charge is 2.21. The number of anilines is 1. The van der Waals surface area contributed by atoms with Crippen LogP contribution in [0.5, 0.6) is 0 Å². The molecule has 0 aliphatic heterocycles. The van der Waals surface area contributed by atoms with E-state index in [2.05, 4.69) is 42.3 Å². The number of benzene rings is 1. The molecule has 1 fully saturated rings. The molecule has 0 unspecified atom stereocenters. The molecule has 0 heterocycles. The van der Waals surface area contributed by atoms with E-state index in [0.717, 1.165) is 43.3 Å². The third-order valence-electron chi connectivity index (χ3n) is 4.19. The van der Waals surface area contributed by atoms with E-state index < -0.39 is 0 Å². The first kappa shape index (κ1) is 14.9. The number of nitrogens with one attached hydrogen (secondary N) is 1. The summed E-state index contributed by atoms with van der Waals surface area (Å²) in [5.74, 6) is 0.822. The molecule has 0 saturated heterocycles. The monoisotopic (exact) mass is 271 g/mol. The fraction of sp³-hybridized carbons (Fsp3) is 0.588. The van der Waals surface area contributed by atoms with Crippen LogP contribution in [0.4, 0.5) is 5.69 Å². The molecule has 1 saturated carbocycles. The Labute approximate surface area is 122 Å². The van der Waals surface area contributed by atoms with Gasteiger partial charge in [0.05, 0.1) is 11.3 Å². The fourth-order valence-electron chi connectivity index (χ4n) is 2.71. The second-order valence-electron chi connectivity index (χ2n) is 5.58. The molecule has 1 aromatic carbocycles. The van der Waals surface area contributed by atoms with Crippen LogP contribution < -0.4 is 10.2 Å². The Morgan fingerprint density at radius 1 is 1.35 bits per heavy atom. The van der Waals surface area contributed by atoms with Gasteiger partial charge in [0, 0.05) is 19.6 Å². The molecular weight excluding hydrogens is 246 g/mol. The molecule has 2 rings (SSSR count). The van der Waals surface area contributed by atoms with Crippen LogP contribution >= 0.6 is 0 Å². The molecule has 0 amide bonds. The smallest absolute Gasteiger partial charge is 0.101 e. The van der Waals surface area contributed by atoms with Crippen molar-refractivity contribution in [2.45, 2.75) is 39.7 Å². The van der Waals surface area contributed by atoms with E-state index >= 15 is 0 Å². The molecule has 1 N–H and O–H groups in total. The molecular formula is C17H25N3. The van der Waals surface area contributed by atoms with Gasteiger partial charge >= 0.3 is 0 Å². The average Bonchev–Trinajstić information content (AvgIpc) is 2.44. The van der Waals surface area contributed by atoms with Crippen LogP contribution in [0, 0.1) is 17.2 Å². The van der Waals surface area contributed by atoms with E-state index in [1.54, 1.807) is 0 Å². The Hall–Kier alpha value is -1.53. The molecule has 108 valence electrons. The average molecular weight is 271 g/mol. The van der Waals surface area contributed by atoms with Crippen LogP contribution in [0.15, 0.2) is 18.2 Å². The number of hydrogen-bond acceptors (Lipinski definition) is 3. The van der Waals surface area contributed by atoms with Crippen molar-refractivity contribution in [3.8, 4) is 6.07 Å². The summed E-state index contributed by atoms with van der Waals surface area (Å²) in [5, 5.41) is 12.7. The minimum absolute atomic E-state index is 0.807. The second kappa shape index (κ2) is 7.31. The van der Waals surface area contributed by atoms with Crippen molar-refractivity contribution in [3.63, 3.8) is 0 Å². The summed E-state index contributed by atoms with van der Waals surface area (Å²) in [4.78, 5) is 2.36. The van der Waals surface area contributed by atoms with Gasteiger partial charge in [-0.25, -0.2) is 0 Å². The standard InChI is InChI=1S/C17H25N3/c1-3-19-12-15-8-9-17(16(10-15)11-18)20(4-2)13-14-6-5-7-14/h8-10,14,19H,3-7,12-13H2,1-2H3. The molecule has 3 nitrogen and oxygen atoms in total. The lowest BCUT2D eigenvalue weighted by molar-refractivity contribution is 0.318. The summed E-state index contributed by atoms with van der Waals surface area (Å²) in [6, 6.07) is 8.66.